The van der Waals surface area contributed by atoms with Gasteiger partial charge in [0, 0.05) is 18.0 Å². The number of nitrogens with one attached hydrogen (secondary N) is 1. The number of hydrogen-bond acceptors (Lipinski definition) is 3. The van der Waals surface area contributed by atoms with Crippen LogP contribution in [0.1, 0.15) is 15.9 Å². The summed E-state index contributed by atoms with van der Waals surface area (Å²) in [6, 6.07) is 21.2. The molecule has 0 radical (unpaired) electrons. The monoisotopic (exact) mass is 348 g/mol. The lowest BCUT2D eigenvalue weighted by atomic mass is 10.1. The molecular formula is C21H20N2O3. The van der Waals surface area contributed by atoms with Crippen molar-refractivity contribution >= 4 is 5.91 Å². The minimum atomic E-state index is -0.401. The smallest absolute Gasteiger partial charge is 0.255 e. The molecule has 2 N–H and O–H groups in total. The first kappa shape index (κ1) is 17.6. The molecule has 2 aromatic carbocycles. The third kappa shape index (κ3) is 4.26. The third-order valence-electron chi connectivity index (χ3n) is 4.09. The average Bonchev–Trinajstić information content (AvgIpc) is 2.69. The van der Waals surface area contributed by atoms with Gasteiger partial charge >= 0.3 is 0 Å². The van der Waals surface area contributed by atoms with Crippen molar-refractivity contribution in [1.82, 2.24) is 9.88 Å². The van der Waals surface area contributed by atoms with Crippen LogP contribution in [-0.4, -0.2) is 28.2 Å². The first-order valence-electron chi connectivity index (χ1n) is 8.41. The minimum absolute atomic E-state index is 0.168. The lowest BCUT2D eigenvalue weighted by molar-refractivity contribution is 0.0916. The van der Waals surface area contributed by atoms with Crippen molar-refractivity contribution in [2.24, 2.45) is 0 Å². The van der Waals surface area contributed by atoms with E-state index in [2.05, 4.69) is 5.32 Å². The highest BCUT2D eigenvalue weighted by Crippen LogP contribution is 2.07. The Morgan fingerprint density at radius 2 is 1.62 bits per heavy atom. The van der Waals surface area contributed by atoms with Gasteiger partial charge < -0.3 is 10.4 Å². The molecule has 0 aliphatic rings. The van der Waals surface area contributed by atoms with E-state index in [1.807, 2.05) is 48.5 Å². The summed E-state index contributed by atoms with van der Waals surface area (Å²) in [5.74, 6) is -0.329. The van der Waals surface area contributed by atoms with Crippen LogP contribution in [0.3, 0.4) is 0 Å². The van der Waals surface area contributed by atoms with E-state index in [4.69, 9.17) is 0 Å². The molecule has 0 saturated carbocycles. The van der Waals surface area contributed by atoms with Crippen LogP contribution in [0.25, 0.3) is 5.69 Å². The van der Waals surface area contributed by atoms with Crippen molar-refractivity contribution in [2.45, 2.75) is 12.5 Å². The summed E-state index contributed by atoms with van der Waals surface area (Å²) in [5.41, 5.74) is 1.87. The van der Waals surface area contributed by atoms with Crippen molar-refractivity contribution < 1.29 is 9.90 Å². The zero-order valence-corrected chi connectivity index (χ0v) is 14.2. The van der Waals surface area contributed by atoms with Gasteiger partial charge in [0.1, 0.15) is 0 Å². The molecule has 0 saturated heterocycles. The normalized spacial score (nSPS) is 11.7. The summed E-state index contributed by atoms with van der Waals surface area (Å²) in [6.45, 7) is -0.168. The number of benzene rings is 2. The Morgan fingerprint density at radius 1 is 0.962 bits per heavy atom. The molecule has 5 nitrogen and oxygen atoms in total. The van der Waals surface area contributed by atoms with Crippen LogP contribution in [0.5, 0.6) is 0 Å². The molecule has 5 heteroatoms. The number of para-hydroxylation sites is 1. The van der Waals surface area contributed by atoms with E-state index in [1.165, 1.54) is 22.9 Å². The second kappa shape index (κ2) is 8.27. The van der Waals surface area contributed by atoms with E-state index in [0.717, 1.165) is 5.56 Å². The van der Waals surface area contributed by atoms with Crippen molar-refractivity contribution in [2.75, 3.05) is 6.61 Å². The van der Waals surface area contributed by atoms with Gasteiger partial charge in [0.25, 0.3) is 11.5 Å². The van der Waals surface area contributed by atoms with Gasteiger partial charge in [-0.05, 0) is 30.2 Å². The molecule has 3 aromatic rings. The predicted molar refractivity (Wildman–Crippen MR) is 101 cm³/mol. The summed E-state index contributed by atoms with van der Waals surface area (Å²) < 4.78 is 1.43. The quantitative estimate of drug-likeness (QED) is 0.717. The molecule has 0 aliphatic heterocycles. The molecule has 0 fully saturated rings. The number of aliphatic hydroxyl groups is 1. The molecule has 0 aliphatic carbocycles. The SMILES string of the molecule is O=C(NC(CO)Cc1ccccc1)c1ccc(=O)n(-c2ccccc2)c1. The minimum Gasteiger partial charge on any atom is -0.394 e. The van der Waals surface area contributed by atoms with Gasteiger partial charge in [-0.15, -0.1) is 0 Å². The van der Waals surface area contributed by atoms with E-state index in [0.29, 0.717) is 17.7 Å². The van der Waals surface area contributed by atoms with Crippen LogP contribution in [0, 0.1) is 0 Å². The number of hydrogen-bond donors (Lipinski definition) is 2. The maximum absolute atomic E-state index is 12.6. The van der Waals surface area contributed by atoms with Crippen LogP contribution in [0.4, 0.5) is 0 Å². The fourth-order valence-electron chi connectivity index (χ4n) is 2.74. The number of rotatable bonds is 6. The van der Waals surface area contributed by atoms with Gasteiger partial charge in [0.15, 0.2) is 0 Å². The summed E-state index contributed by atoms with van der Waals surface area (Å²) in [4.78, 5) is 24.7. The molecule has 132 valence electrons. The first-order chi connectivity index (χ1) is 12.7. The van der Waals surface area contributed by atoms with Crippen molar-refractivity contribution in [3.8, 4) is 5.69 Å². The maximum atomic E-state index is 12.6. The Bertz CT molecular complexity index is 921. The van der Waals surface area contributed by atoms with Gasteiger partial charge in [-0.2, -0.15) is 0 Å². The van der Waals surface area contributed by atoms with Crippen molar-refractivity contribution in [1.29, 1.82) is 0 Å². The highest BCUT2D eigenvalue weighted by Gasteiger charge is 2.15. The van der Waals surface area contributed by atoms with Crippen LogP contribution < -0.4 is 10.9 Å². The van der Waals surface area contributed by atoms with Crippen molar-refractivity contribution in [3.63, 3.8) is 0 Å². The Balaban J connectivity index is 1.78. The molecule has 1 amide bonds. The highest BCUT2D eigenvalue weighted by atomic mass is 16.3. The van der Waals surface area contributed by atoms with Gasteiger partial charge in [-0.1, -0.05) is 48.5 Å². The molecule has 0 spiro atoms. The van der Waals surface area contributed by atoms with Gasteiger partial charge in [-0.3, -0.25) is 14.2 Å². The third-order valence-corrected chi connectivity index (χ3v) is 4.09. The topological polar surface area (TPSA) is 71.3 Å². The molecule has 1 aromatic heterocycles. The first-order valence-corrected chi connectivity index (χ1v) is 8.41. The molecular weight excluding hydrogens is 328 g/mol. The zero-order chi connectivity index (χ0) is 18.4. The molecule has 3 rings (SSSR count). The second-order valence-electron chi connectivity index (χ2n) is 6.00. The number of aromatic nitrogens is 1. The maximum Gasteiger partial charge on any atom is 0.255 e. The fraction of sp³-hybridized carbons (Fsp3) is 0.143. The van der Waals surface area contributed by atoms with Gasteiger partial charge in [0.05, 0.1) is 18.2 Å². The number of carbonyl (C=O) groups excluding carboxylic acids is 1. The fourth-order valence-corrected chi connectivity index (χ4v) is 2.74. The molecule has 1 unspecified atom stereocenters. The Labute approximate surface area is 151 Å². The lowest BCUT2D eigenvalue weighted by Gasteiger charge is -2.17. The van der Waals surface area contributed by atoms with E-state index >= 15 is 0 Å². The summed E-state index contributed by atoms with van der Waals surface area (Å²) >= 11 is 0. The lowest BCUT2D eigenvalue weighted by Crippen LogP contribution is -2.39. The van der Waals surface area contributed by atoms with Crippen LogP contribution in [-0.2, 0) is 6.42 Å². The summed E-state index contributed by atoms with van der Waals surface area (Å²) in [6.07, 6.45) is 2.05. The van der Waals surface area contributed by atoms with Crippen LogP contribution in [0.15, 0.2) is 83.8 Å². The van der Waals surface area contributed by atoms with E-state index in [-0.39, 0.29) is 18.1 Å². The van der Waals surface area contributed by atoms with Gasteiger partial charge in [-0.25, -0.2) is 0 Å². The number of pyridine rings is 1. The number of nitrogens with zero attached hydrogens (tertiary/aromatic N) is 1. The highest BCUT2D eigenvalue weighted by molar-refractivity contribution is 5.94. The predicted octanol–water partition coefficient (Wildman–Crippen LogP) is 2.17. The number of aliphatic hydroxyl groups excluding tert-OH is 1. The van der Waals surface area contributed by atoms with Gasteiger partial charge in [0.2, 0.25) is 0 Å². The standard InChI is InChI=1S/C21H20N2O3/c24-15-18(13-16-7-3-1-4-8-16)22-21(26)17-11-12-20(25)23(14-17)19-9-5-2-6-10-19/h1-12,14,18,24H,13,15H2,(H,22,26). The number of amides is 1. The summed E-state index contributed by atoms with van der Waals surface area (Å²) in [5, 5.41) is 12.4. The molecule has 1 atom stereocenters. The van der Waals surface area contributed by atoms with Crippen molar-refractivity contribution in [3.05, 3.63) is 100 Å². The van der Waals surface area contributed by atoms with E-state index in [9.17, 15) is 14.7 Å². The largest absolute Gasteiger partial charge is 0.394 e. The molecule has 26 heavy (non-hydrogen) atoms. The molecule has 0 bridgehead atoms. The Morgan fingerprint density at radius 3 is 2.27 bits per heavy atom. The average molecular weight is 348 g/mol. The zero-order valence-electron chi connectivity index (χ0n) is 14.2. The molecule has 1 heterocycles. The Hall–Kier alpha value is -3.18. The Kier molecular flexibility index (Phi) is 5.61. The van der Waals surface area contributed by atoms with E-state index < -0.39 is 6.04 Å². The van der Waals surface area contributed by atoms with E-state index in [1.54, 1.807) is 12.1 Å². The van der Waals surface area contributed by atoms with Crippen LogP contribution >= 0.6 is 0 Å². The summed E-state index contributed by atoms with van der Waals surface area (Å²) in [7, 11) is 0. The van der Waals surface area contributed by atoms with Crippen LogP contribution in [0.2, 0.25) is 0 Å². The second-order valence-corrected chi connectivity index (χ2v) is 6.00. The number of carbonyl (C=O) groups is 1.